The second kappa shape index (κ2) is 8.53. The molecule has 9 nitrogen and oxygen atoms in total. The number of aromatic nitrogens is 3. The van der Waals surface area contributed by atoms with Crippen LogP contribution >= 0.6 is 0 Å². The van der Waals surface area contributed by atoms with Crippen molar-refractivity contribution in [1.82, 2.24) is 14.8 Å². The zero-order valence-electron chi connectivity index (χ0n) is 20.0. The molecule has 0 fully saturated rings. The van der Waals surface area contributed by atoms with Crippen LogP contribution in [-0.4, -0.2) is 38.1 Å². The number of likely N-dealkylation sites (N-methyl/N-ethyl adjacent to an activating group) is 1. The van der Waals surface area contributed by atoms with Crippen molar-refractivity contribution < 1.29 is 14.7 Å². The monoisotopic (exact) mass is 484 g/mol. The van der Waals surface area contributed by atoms with Gasteiger partial charge in [-0.05, 0) is 50.6 Å². The molecular weight excluding hydrogens is 460 g/mol. The lowest BCUT2D eigenvalue weighted by Crippen LogP contribution is -2.40. The number of para-hydroxylation sites is 2. The van der Waals surface area contributed by atoms with E-state index in [9.17, 15) is 24.3 Å². The summed E-state index contributed by atoms with van der Waals surface area (Å²) in [6, 6.07) is 13.7. The van der Waals surface area contributed by atoms with Gasteiger partial charge in [-0.15, -0.1) is 0 Å². The number of benzene rings is 2. The normalized spacial score (nSPS) is 14.9. The van der Waals surface area contributed by atoms with Gasteiger partial charge in [0.05, 0.1) is 28.0 Å². The predicted molar refractivity (Wildman–Crippen MR) is 137 cm³/mol. The molecule has 182 valence electrons. The number of hydrogen-bond donors (Lipinski definition) is 3. The number of hydrogen-bond acceptors (Lipinski definition) is 5. The average Bonchev–Trinajstić information content (AvgIpc) is 3.25. The molecule has 9 heteroatoms. The summed E-state index contributed by atoms with van der Waals surface area (Å²) in [4.78, 5) is 54.9. The van der Waals surface area contributed by atoms with Gasteiger partial charge in [-0.1, -0.05) is 24.3 Å². The van der Waals surface area contributed by atoms with Crippen LogP contribution in [0.5, 0.6) is 5.75 Å². The molecule has 5 rings (SSSR count). The van der Waals surface area contributed by atoms with Crippen LogP contribution in [-0.2, 0) is 11.3 Å². The largest absolute Gasteiger partial charge is 0.506 e. The van der Waals surface area contributed by atoms with Gasteiger partial charge in [0.2, 0.25) is 5.78 Å². The van der Waals surface area contributed by atoms with Crippen molar-refractivity contribution in [2.24, 2.45) is 0 Å². The summed E-state index contributed by atoms with van der Waals surface area (Å²) in [5.41, 5.74) is 0.0913. The Balaban J connectivity index is 1.82. The molecule has 0 spiro atoms. The van der Waals surface area contributed by atoms with Gasteiger partial charge < -0.3 is 14.6 Å². The van der Waals surface area contributed by atoms with E-state index in [1.807, 2.05) is 0 Å². The maximum Gasteiger partial charge on any atom is 0.272 e. The Morgan fingerprint density at radius 1 is 0.917 bits per heavy atom. The number of ketones is 1. The van der Waals surface area contributed by atoms with E-state index in [1.165, 1.54) is 16.4 Å². The highest BCUT2D eigenvalue weighted by atomic mass is 16.3. The molecule has 0 atom stereocenters. The second-order valence-corrected chi connectivity index (χ2v) is 8.51. The number of nitrogens with one attached hydrogen (secondary N) is 2. The number of Topliss-reactive ketones (excluding diaryl/α,β-unsaturated/α-hetero) is 1. The Labute approximate surface area is 205 Å². The number of amides is 1. The van der Waals surface area contributed by atoms with E-state index in [4.69, 9.17) is 0 Å². The van der Waals surface area contributed by atoms with Crippen LogP contribution in [0.2, 0.25) is 0 Å². The smallest absolute Gasteiger partial charge is 0.272 e. The van der Waals surface area contributed by atoms with Gasteiger partial charge in [0.1, 0.15) is 11.3 Å². The number of aromatic hydroxyl groups is 1. The van der Waals surface area contributed by atoms with Gasteiger partial charge in [0, 0.05) is 24.0 Å². The van der Waals surface area contributed by atoms with Crippen LogP contribution in [0.25, 0.3) is 27.7 Å². The van der Waals surface area contributed by atoms with E-state index in [1.54, 1.807) is 62.4 Å². The zero-order chi connectivity index (χ0) is 25.7. The standard InChI is InChI=1S/C27H24N4O5/c1-4-30-17-12-8-6-10-15(17)23(32)20(26(30)35)14(3)19-22(28-29-25(19)34)21-24(33)16-11-7-9-13-18(16)31(5-2)27(21)36/h6-13,33H,4-5H2,1-3H3,(H2,28,29,34)/b20-14+. The lowest BCUT2D eigenvalue weighted by molar-refractivity contribution is -0.114. The fourth-order valence-corrected chi connectivity index (χ4v) is 4.98. The summed E-state index contributed by atoms with van der Waals surface area (Å²) in [5, 5.41) is 16.7. The average molecular weight is 485 g/mol. The molecule has 3 heterocycles. The fourth-order valence-electron chi connectivity index (χ4n) is 4.98. The number of anilines is 1. The minimum absolute atomic E-state index is 0.0166. The van der Waals surface area contributed by atoms with Gasteiger partial charge in [-0.3, -0.25) is 29.4 Å². The number of allylic oxidation sites excluding steroid dienone is 1. The molecule has 0 bridgehead atoms. The van der Waals surface area contributed by atoms with E-state index in [2.05, 4.69) is 10.2 Å². The third-order valence-corrected chi connectivity index (χ3v) is 6.68. The van der Waals surface area contributed by atoms with Crippen molar-refractivity contribution in [2.75, 3.05) is 11.4 Å². The van der Waals surface area contributed by atoms with Gasteiger partial charge in [-0.2, -0.15) is 0 Å². The first kappa shape index (κ1) is 23.1. The van der Waals surface area contributed by atoms with E-state index >= 15 is 0 Å². The Bertz CT molecular complexity index is 1720. The van der Waals surface area contributed by atoms with Gasteiger partial charge in [0.15, 0.2) is 0 Å². The van der Waals surface area contributed by atoms with Crippen molar-refractivity contribution in [1.29, 1.82) is 0 Å². The molecule has 36 heavy (non-hydrogen) atoms. The topological polar surface area (TPSA) is 128 Å². The van der Waals surface area contributed by atoms with E-state index in [0.29, 0.717) is 35.2 Å². The van der Waals surface area contributed by atoms with Crippen molar-refractivity contribution in [3.05, 3.63) is 85.9 Å². The molecule has 0 aliphatic carbocycles. The first-order valence-electron chi connectivity index (χ1n) is 11.6. The highest BCUT2D eigenvalue weighted by molar-refractivity contribution is 6.37. The summed E-state index contributed by atoms with van der Waals surface area (Å²) in [6.45, 7) is 5.76. The van der Waals surface area contributed by atoms with Crippen LogP contribution in [0.15, 0.2) is 63.7 Å². The van der Waals surface area contributed by atoms with Gasteiger partial charge >= 0.3 is 0 Å². The summed E-state index contributed by atoms with van der Waals surface area (Å²) in [5.74, 6) is -1.33. The zero-order valence-corrected chi connectivity index (χ0v) is 20.0. The molecule has 0 radical (unpaired) electrons. The lowest BCUT2D eigenvalue weighted by Gasteiger charge is -2.29. The number of aromatic amines is 2. The number of carbonyl (C=O) groups excluding carboxylic acids is 2. The number of aryl methyl sites for hydroxylation is 1. The number of rotatable bonds is 4. The van der Waals surface area contributed by atoms with Crippen molar-refractivity contribution in [2.45, 2.75) is 27.3 Å². The summed E-state index contributed by atoms with van der Waals surface area (Å²) >= 11 is 0. The van der Waals surface area contributed by atoms with Crippen LogP contribution < -0.4 is 16.0 Å². The molecule has 3 N–H and O–H groups in total. The highest BCUT2D eigenvalue weighted by Crippen LogP contribution is 2.37. The molecule has 0 saturated heterocycles. The highest BCUT2D eigenvalue weighted by Gasteiger charge is 2.37. The number of pyridine rings is 1. The van der Waals surface area contributed by atoms with E-state index in [-0.39, 0.29) is 33.7 Å². The maximum atomic E-state index is 13.5. The Kier molecular flexibility index (Phi) is 5.47. The Morgan fingerprint density at radius 2 is 1.61 bits per heavy atom. The first-order valence-corrected chi connectivity index (χ1v) is 11.6. The molecule has 1 aliphatic heterocycles. The third-order valence-electron chi connectivity index (χ3n) is 6.68. The third kappa shape index (κ3) is 3.16. The van der Waals surface area contributed by atoms with E-state index < -0.39 is 22.8 Å². The Hall–Kier alpha value is -4.66. The van der Waals surface area contributed by atoms with Crippen LogP contribution in [0.1, 0.15) is 36.7 Å². The molecular formula is C27H24N4O5. The molecule has 2 aromatic heterocycles. The molecule has 0 saturated carbocycles. The fraction of sp³-hybridized carbons (Fsp3) is 0.185. The molecule has 1 amide bonds. The summed E-state index contributed by atoms with van der Waals surface area (Å²) in [6.07, 6.45) is 0. The molecule has 2 aromatic carbocycles. The van der Waals surface area contributed by atoms with Crippen LogP contribution in [0.4, 0.5) is 5.69 Å². The lowest BCUT2D eigenvalue weighted by atomic mass is 9.89. The SMILES string of the molecule is CCN1C(=O)/C(=C(\C)c2c(-c3c(O)c4ccccc4n(CC)c3=O)[nH][nH]c2=O)C(=O)c2ccccc21. The summed E-state index contributed by atoms with van der Waals surface area (Å²) in [7, 11) is 0. The second-order valence-electron chi connectivity index (χ2n) is 8.51. The van der Waals surface area contributed by atoms with Crippen LogP contribution in [0.3, 0.4) is 0 Å². The van der Waals surface area contributed by atoms with Crippen LogP contribution in [0, 0.1) is 0 Å². The summed E-state index contributed by atoms with van der Waals surface area (Å²) < 4.78 is 1.49. The first-order chi connectivity index (χ1) is 17.3. The van der Waals surface area contributed by atoms with Gasteiger partial charge in [-0.25, -0.2) is 0 Å². The molecule has 0 unspecified atom stereocenters. The number of nitrogens with zero attached hydrogens (tertiary/aromatic N) is 2. The maximum absolute atomic E-state index is 13.5. The number of carbonyl (C=O) groups is 2. The Morgan fingerprint density at radius 3 is 2.33 bits per heavy atom. The minimum Gasteiger partial charge on any atom is -0.506 e. The molecule has 1 aliphatic rings. The number of fused-ring (bicyclic) bond motifs is 2. The quantitative estimate of drug-likeness (QED) is 0.302. The van der Waals surface area contributed by atoms with E-state index in [0.717, 1.165) is 0 Å². The van der Waals surface area contributed by atoms with Crippen molar-refractivity contribution >= 4 is 33.9 Å². The van der Waals surface area contributed by atoms with Crippen molar-refractivity contribution in [3.8, 4) is 17.0 Å². The molecule has 4 aromatic rings. The number of H-pyrrole nitrogens is 2. The van der Waals surface area contributed by atoms with Gasteiger partial charge in [0.25, 0.3) is 17.0 Å². The predicted octanol–water partition coefficient (Wildman–Crippen LogP) is 3.43. The minimum atomic E-state index is -0.618. The van der Waals surface area contributed by atoms with Crippen molar-refractivity contribution in [3.63, 3.8) is 0 Å².